The third-order valence-corrected chi connectivity index (χ3v) is 6.09. The van der Waals surface area contributed by atoms with Crippen molar-refractivity contribution >= 4 is 27.5 Å². The Bertz CT molecular complexity index is 1140. The highest BCUT2D eigenvalue weighted by molar-refractivity contribution is 7.90. The number of ether oxygens (including phenoxy) is 1. The van der Waals surface area contributed by atoms with E-state index in [0.29, 0.717) is 17.2 Å². The quantitative estimate of drug-likeness (QED) is 0.573. The van der Waals surface area contributed by atoms with Gasteiger partial charge in [0.15, 0.2) is 5.75 Å². The standard InChI is InChI=1S/C22H22FN3O4S/c1-25(2)31(28,29)26(18-14-12-17(23)13-15-18)16-22(27)24-20-10-6-7-11-21(20)30-19-8-4-3-5-9-19/h3-15H,16H2,1-2H3,(H,24,27). The minimum atomic E-state index is -4.00. The van der Waals surface area contributed by atoms with Crippen LogP contribution < -0.4 is 14.4 Å². The van der Waals surface area contributed by atoms with Gasteiger partial charge in [0.25, 0.3) is 0 Å². The molecule has 0 bridgehead atoms. The van der Waals surface area contributed by atoms with Crippen molar-refractivity contribution in [3.63, 3.8) is 0 Å². The number of anilines is 2. The molecule has 3 rings (SSSR count). The molecule has 31 heavy (non-hydrogen) atoms. The molecule has 0 aliphatic rings. The van der Waals surface area contributed by atoms with E-state index in [-0.39, 0.29) is 5.69 Å². The second-order valence-electron chi connectivity index (χ2n) is 6.73. The van der Waals surface area contributed by atoms with Gasteiger partial charge in [-0.25, -0.2) is 8.70 Å². The van der Waals surface area contributed by atoms with E-state index in [1.807, 2.05) is 18.2 Å². The van der Waals surface area contributed by atoms with Gasteiger partial charge in [0.1, 0.15) is 18.1 Å². The Hall–Kier alpha value is -3.43. The minimum absolute atomic E-state index is 0.166. The van der Waals surface area contributed by atoms with Gasteiger partial charge in [-0.2, -0.15) is 12.7 Å². The van der Waals surface area contributed by atoms with E-state index in [0.717, 1.165) is 20.7 Å². The summed E-state index contributed by atoms with van der Waals surface area (Å²) in [7, 11) is -1.29. The topological polar surface area (TPSA) is 79.0 Å². The number of para-hydroxylation sites is 3. The van der Waals surface area contributed by atoms with E-state index >= 15 is 0 Å². The van der Waals surface area contributed by atoms with Crippen molar-refractivity contribution in [1.82, 2.24) is 4.31 Å². The van der Waals surface area contributed by atoms with Crippen LogP contribution in [0.4, 0.5) is 15.8 Å². The molecule has 9 heteroatoms. The zero-order valence-electron chi connectivity index (χ0n) is 17.0. The molecule has 0 aromatic heterocycles. The Kier molecular flexibility index (Phi) is 6.88. The Balaban J connectivity index is 1.83. The fourth-order valence-corrected chi connectivity index (χ4v) is 3.77. The lowest BCUT2D eigenvalue weighted by Gasteiger charge is -2.27. The van der Waals surface area contributed by atoms with Crippen molar-refractivity contribution in [2.24, 2.45) is 0 Å². The van der Waals surface area contributed by atoms with E-state index in [1.165, 1.54) is 26.2 Å². The highest BCUT2D eigenvalue weighted by Crippen LogP contribution is 2.29. The van der Waals surface area contributed by atoms with Crippen LogP contribution in [0, 0.1) is 5.82 Å². The third kappa shape index (κ3) is 5.59. The van der Waals surface area contributed by atoms with Crippen LogP contribution in [0.1, 0.15) is 0 Å². The van der Waals surface area contributed by atoms with E-state index < -0.39 is 28.5 Å². The van der Waals surface area contributed by atoms with Gasteiger partial charge in [0.2, 0.25) is 5.91 Å². The number of hydrogen-bond acceptors (Lipinski definition) is 4. The molecule has 7 nitrogen and oxygen atoms in total. The zero-order chi connectivity index (χ0) is 22.4. The molecule has 0 spiro atoms. The Morgan fingerprint density at radius 2 is 1.55 bits per heavy atom. The fraction of sp³-hybridized carbons (Fsp3) is 0.136. The molecule has 1 amide bonds. The van der Waals surface area contributed by atoms with Crippen molar-refractivity contribution in [2.45, 2.75) is 0 Å². The molecule has 0 unspecified atom stereocenters. The van der Waals surface area contributed by atoms with Gasteiger partial charge in [-0.15, -0.1) is 0 Å². The van der Waals surface area contributed by atoms with Crippen LogP contribution in [-0.4, -0.2) is 39.3 Å². The first-order valence-electron chi connectivity index (χ1n) is 9.35. The van der Waals surface area contributed by atoms with Crippen LogP contribution in [0.5, 0.6) is 11.5 Å². The highest BCUT2D eigenvalue weighted by atomic mass is 32.2. The first kappa shape index (κ1) is 22.3. The molecule has 3 aromatic carbocycles. The van der Waals surface area contributed by atoms with Crippen LogP contribution in [0.2, 0.25) is 0 Å². The predicted octanol–water partition coefficient (Wildman–Crippen LogP) is 3.87. The van der Waals surface area contributed by atoms with Crippen LogP contribution in [0.15, 0.2) is 78.9 Å². The summed E-state index contributed by atoms with van der Waals surface area (Å²) in [5.74, 6) is -0.0978. The molecule has 0 atom stereocenters. The number of rotatable bonds is 8. The average molecular weight is 444 g/mol. The monoisotopic (exact) mass is 443 g/mol. The summed E-state index contributed by atoms with van der Waals surface area (Å²) in [6.07, 6.45) is 0. The third-order valence-electron chi connectivity index (χ3n) is 4.27. The van der Waals surface area contributed by atoms with Crippen molar-refractivity contribution in [3.05, 3.63) is 84.7 Å². The van der Waals surface area contributed by atoms with E-state index in [4.69, 9.17) is 4.74 Å². The largest absolute Gasteiger partial charge is 0.455 e. The van der Waals surface area contributed by atoms with Crippen LogP contribution >= 0.6 is 0 Å². The van der Waals surface area contributed by atoms with Gasteiger partial charge in [-0.3, -0.25) is 4.79 Å². The first-order valence-corrected chi connectivity index (χ1v) is 10.7. The van der Waals surface area contributed by atoms with Crippen molar-refractivity contribution in [1.29, 1.82) is 0 Å². The van der Waals surface area contributed by atoms with Crippen molar-refractivity contribution < 1.29 is 22.3 Å². The van der Waals surface area contributed by atoms with Gasteiger partial charge in [-0.1, -0.05) is 30.3 Å². The molecule has 162 valence electrons. The molecule has 0 saturated carbocycles. The number of benzene rings is 3. The number of halogens is 1. The lowest BCUT2D eigenvalue weighted by atomic mass is 10.2. The average Bonchev–Trinajstić information content (AvgIpc) is 2.75. The van der Waals surface area contributed by atoms with Crippen LogP contribution in [-0.2, 0) is 15.0 Å². The zero-order valence-corrected chi connectivity index (χ0v) is 17.8. The Morgan fingerprint density at radius 1 is 0.935 bits per heavy atom. The van der Waals surface area contributed by atoms with E-state index in [2.05, 4.69) is 5.32 Å². The summed E-state index contributed by atoms with van der Waals surface area (Å²) < 4.78 is 46.5. The van der Waals surface area contributed by atoms with Gasteiger partial charge < -0.3 is 10.1 Å². The fourth-order valence-electron chi connectivity index (χ4n) is 2.71. The van der Waals surface area contributed by atoms with Crippen molar-refractivity contribution in [2.75, 3.05) is 30.3 Å². The maximum atomic E-state index is 13.3. The summed E-state index contributed by atoms with van der Waals surface area (Å²) in [6.45, 7) is -0.508. The molecule has 0 aliphatic carbocycles. The molecule has 0 saturated heterocycles. The smallest absolute Gasteiger partial charge is 0.304 e. The van der Waals surface area contributed by atoms with E-state index in [9.17, 15) is 17.6 Å². The summed E-state index contributed by atoms with van der Waals surface area (Å²) in [6, 6.07) is 20.8. The van der Waals surface area contributed by atoms with E-state index in [1.54, 1.807) is 36.4 Å². The van der Waals surface area contributed by atoms with Crippen molar-refractivity contribution in [3.8, 4) is 11.5 Å². The number of hydrogen-bond donors (Lipinski definition) is 1. The molecule has 0 aliphatic heterocycles. The summed E-state index contributed by atoms with van der Waals surface area (Å²) in [5.41, 5.74) is 0.553. The highest BCUT2D eigenvalue weighted by Gasteiger charge is 2.27. The van der Waals surface area contributed by atoms with Gasteiger partial charge >= 0.3 is 10.2 Å². The normalized spacial score (nSPS) is 11.2. The molecule has 0 heterocycles. The molecule has 0 radical (unpaired) electrons. The van der Waals surface area contributed by atoms with Gasteiger partial charge in [-0.05, 0) is 48.5 Å². The summed E-state index contributed by atoms with van der Waals surface area (Å²) in [4.78, 5) is 12.8. The SMILES string of the molecule is CN(C)S(=O)(=O)N(CC(=O)Nc1ccccc1Oc1ccccc1)c1ccc(F)cc1. The number of nitrogens with one attached hydrogen (secondary N) is 1. The second-order valence-corrected chi connectivity index (χ2v) is 8.80. The van der Waals surface area contributed by atoms with Crippen LogP contribution in [0.25, 0.3) is 0 Å². The second kappa shape index (κ2) is 9.59. The van der Waals surface area contributed by atoms with Gasteiger partial charge in [0, 0.05) is 14.1 Å². The first-order chi connectivity index (χ1) is 14.8. The number of amides is 1. The summed E-state index contributed by atoms with van der Waals surface area (Å²) >= 11 is 0. The minimum Gasteiger partial charge on any atom is -0.455 e. The number of carbonyl (C=O) groups is 1. The lowest BCUT2D eigenvalue weighted by Crippen LogP contribution is -2.44. The molecular formula is C22H22FN3O4S. The molecular weight excluding hydrogens is 421 g/mol. The van der Waals surface area contributed by atoms with Gasteiger partial charge in [0.05, 0.1) is 11.4 Å². The number of carbonyl (C=O) groups excluding carboxylic acids is 1. The maximum Gasteiger partial charge on any atom is 0.304 e. The Morgan fingerprint density at radius 3 is 2.19 bits per heavy atom. The Labute approximate surface area is 180 Å². The molecule has 3 aromatic rings. The molecule has 0 fully saturated rings. The lowest BCUT2D eigenvalue weighted by molar-refractivity contribution is -0.114. The molecule has 1 N–H and O–H groups in total. The number of nitrogens with zero attached hydrogens (tertiary/aromatic N) is 2. The summed E-state index contributed by atoms with van der Waals surface area (Å²) in [5, 5.41) is 2.69. The predicted molar refractivity (Wildman–Crippen MR) is 118 cm³/mol. The maximum absolute atomic E-state index is 13.3. The van der Waals surface area contributed by atoms with Crippen LogP contribution in [0.3, 0.4) is 0 Å².